The van der Waals surface area contributed by atoms with E-state index in [2.05, 4.69) is 59.6 Å². The number of nitrogens with one attached hydrogen (secondary N) is 1. The van der Waals surface area contributed by atoms with Gasteiger partial charge in [-0.2, -0.15) is 0 Å². The van der Waals surface area contributed by atoms with Gasteiger partial charge in [0.2, 0.25) is 0 Å². The summed E-state index contributed by atoms with van der Waals surface area (Å²) < 4.78 is 0. The number of likely N-dealkylation sites (tertiary alicyclic amines) is 1. The monoisotopic (exact) mass is 380 g/mol. The predicted octanol–water partition coefficient (Wildman–Crippen LogP) is 3.54. The summed E-state index contributed by atoms with van der Waals surface area (Å²) in [7, 11) is 4.15. The third-order valence-electron chi connectivity index (χ3n) is 5.37. The van der Waals surface area contributed by atoms with Crippen LogP contribution in [0.15, 0.2) is 48.8 Å². The lowest BCUT2D eigenvalue weighted by Gasteiger charge is -2.32. The smallest absolute Gasteiger partial charge is 0.255 e. The molecule has 2 aromatic rings. The first kappa shape index (κ1) is 20.3. The Labute approximate surface area is 168 Å². The Kier molecular flexibility index (Phi) is 7.43. The molecule has 150 valence electrons. The van der Waals surface area contributed by atoms with E-state index in [-0.39, 0.29) is 5.91 Å². The average molecular weight is 381 g/mol. The van der Waals surface area contributed by atoms with Gasteiger partial charge in [-0.1, -0.05) is 30.3 Å². The normalized spacial score (nSPS) is 15.0. The maximum absolute atomic E-state index is 12.9. The molecule has 0 aliphatic carbocycles. The molecule has 0 atom stereocenters. The number of hydrogen-bond acceptors (Lipinski definition) is 4. The van der Waals surface area contributed by atoms with Crippen LogP contribution in [0.5, 0.6) is 0 Å². The van der Waals surface area contributed by atoms with Gasteiger partial charge in [0.15, 0.2) is 0 Å². The fourth-order valence-corrected chi connectivity index (χ4v) is 3.75. The zero-order valence-corrected chi connectivity index (χ0v) is 17.1. The number of anilines is 1. The number of nitrogens with zero attached hydrogens (tertiary/aromatic N) is 3. The highest BCUT2D eigenvalue weighted by Crippen LogP contribution is 2.23. The Hall–Kier alpha value is -2.40. The van der Waals surface area contributed by atoms with Gasteiger partial charge in [0.05, 0.1) is 11.3 Å². The number of pyridine rings is 1. The second kappa shape index (κ2) is 10.2. The molecule has 0 unspecified atom stereocenters. The molecule has 1 aromatic heterocycles. The van der Waals surface area contributed by atoms with Crippen molar-refractivity contribution in [3.8, 4) is 0 Å². The number of rotatable bonds is 8. The van der Waals surface area contributed by atoms with Gasteiger partial charge in [-0.25, -0.2) is 0 Å². The van der Waals surface area contributed by atoms with Crippen molar-refractivity contribution in [2.75, 3.05) is 45.6 Å². The maximum Gasteiger partial charge on any atom is 0.255 e. The number of piperidine rings is 1. The van der Waals surface area contributed by atoms with Gasteiger partial charge >= 0.3 is 0 Å². The lowest BCUT2D eigenvalue weighted by atomic mass is 9.90. The predicted molar refractivity (Wildman–Crippen MR) is 115 cm³/mol. The van der Waals surface area contributed by atoms with Crippen LogP contribution in [0.4, 0.5) is 5.69 Å². The highest BCUT2D eigenvalue weighted by atomic mass is 16.2. The molecule has 1 amide bonds. The van der Waals surface area contributed by atoms with Crippen molar-refractivity contribution >= 4 is 11.6 Å². The number of carbonyl (C=O) groups is 1. The van der Waals surface area contributed by atoms with Crippen LogP contribution in [0, 0.1) is 5.92 Å². The number of aromatic nitrogens is 1. The Morgan fingerprint density at radius 3 is 2.64 bits per heavy atom. The van der Waals surface area contributed by atoms with Crippen LogP contribution in [0.1, 0.15) is 35.2 Å². The molecule has 1 N–H and O–H groups in total. The fourth-order valence-electron chi connectivity index (χ4n) is 3.75. The summed E-state index contributed by atoms with van der Waals surface area (Å²) in [5, 5.41) is 3.37. The van der Waals surface area contributed by atoms with Gasteiger partial charge in [0.25, 0.3) is 5.91 Å². The topological polar surface area (TPSA) is 48.5 Å². The van der Waals surface area contributed by atoms with E-state index in [1.165, 1.54) is 5.56 Å². The average Bonchev–Trinajstić information content (AvgIpc) is 2.72. The molecule has 5 heteroatoms. The van der Waals surface area contributed by atoms with Crippen LogP contribution in [0.2, 0.25) is 0 Å². The molecule has 1 aromatic carbocycles. The Balaban J connectivity index is 1.48. The molecule has 0 spiro atoms. The van der Waals surface area contributed by atoms with Crippen molar-refractivity contribution in [3.05, 3.63) is 59.9 Å². The molecular weight excluding hydrogens is 348 g/mol. The first-order valence-electron chi connectivity index (χ1n) is 10.3. The van der Waals surface area contributed by atoms with Crippen molar-refractivity contribution in [1.82, 2.24) is 14.8 Å². The number of hydrogen-bond donors (Lipinski definition) is 1. The highest BCUT2D eigenvalue weighted by molar-refractivity contribution is 5.94. The molecule has 1 aliphatic rings. The van der Waals surface area contributed by atoms with Gasteiger partial charge in [-0.15, -0.1) is 0 Å². The van der Waals surface area contributed by atoms with E-state index in [0.717, 1.165) is 57.5 Å². The van der Waals surface area contributed by atoms with Gasteiger partial charge in [0.1, 0.15) is 0 Å². The molecule has 2 heterocycles. The van der Waals surface area contributed by atoms with Crippen molar-refractivity contribution in [2.24, 2.45) is 5.92 Å². The molecule has 1 aliphatic heterocycles. The van der Waals surface area contributed by atoms with Crippen LogP contribution in [0.3, 0.4) is 0 Å². The Bertz CT molecular complexity index is 739. The summed E-state index contributed by atoms with van der Waals surface area (Å²) in [6.07, 6.45) is 7.77. The van der Waals surface area contributed by atoms with E-state index < -0.39 is 0 Å². The first-order valence-corrected chi connectivity index (χ1v) is 10.3. The van der Waals surface area contributed by atoms with Crippen molar-refractivity contribution in [1.29, 1.82) is 0 Å². The van der Waals surface area contributed by atoms with Crippen LogP contribution in [-0.2, 0) is 6.42 Å². The zero-order valence-electron chi connectivity index (χ0n) is 17.1. The van der Waals surface area contributed by atoms with E-state index in [4.69, 9.17) is 0 Å². The van der Waals surface area contributed by atoms with Gasteiger partial charge < -0.3 is 15.1 Å². The van der Waals surface area contributed by atoms with Crippen molar-refractivity contribution in [2.45, 2.75) is 25.7 Å². The summed E-state index contributed by atoms with van der Waals surface area (Å²) in [6, 6.07) is 12.6. The molecule has 1 saturated heterocycles. The second-order valence-corrected chi connectivity index (χ2v) is 7.97. The Morgan fingerprint density at radius 2 is 1.93 bits per heavy atom. The van der Waals surface area contributed by atoms with E-state index >= 15 is 0 Å². The summed E-state index contributed by atoms with van der Waals surface area (Å²) >= 11 is 0. The van der Waals surface area contributed by atoms with Crippen LogP contribution in [-0.4, -0.2) is 61.0 Å². The summed E-state index contributed by atoms with van der Waals surface area (Å²) in [5.74, 6) is 0.761. The number of benzene rings is 1. The number of carbonyl (C=O) groups excluding carboxylic acids is 1. The molecule has 0 bridgehead atoms. The molecule has 1 fully saturated rings. The van der Waals surface area contributed by atoms with E-state index in [0.29, 0.717) is 11.5 Å². The van der Waals surface area contributed by atoms with E-state index in [9.17, 15) is 4.79 Å². The summed E-state index contributed by atoms with van der Waals surface area (Å²) in [5.41, 5.74) is 2.99. The van der Waals surface area contributed by atoms with E-state index in [1.807, 2.05) is 11.0 Å². The van der Waals surface area contributed by atoms with E-state index in [1.54, 1.807) is 12.4 Å². The van der Waals surface area contributed by atoms with Crippen LogP contribution < -0.4 is 5.32 Å². The molecule has 0 radical (unpaired) electrons. The first-order chi connectivity index (χ1) is 13.6. The lowest BCUT2D eigenvalue weighted by Crippen LogP contribution is -2.39. The summed E-state index contributed by atoms with van der Waals surface area (Å²) in [4.78, 5) is 21.3. The third kappa shape index (κ3) is 6.06. The minimum atomic E-state index is 0.0996. The largest absolute Gasteiger partial charge is 0.384 e. The standard InChI is InChI=1S/C23H32N4O/c1-26(2)12-6-11-25-22-16-21(17-24-18-22)23(28)27-13-9-20(10-14-27)15-19-7-4-3-5-8-19/h3-5,7-8,16-18,20,25H,6,9-15H2,1-2H3. The quantitative estimate of drug-likeness (QED) is 0.712. The lowest BCUT2D eigenvalue weighted by molar-refractivity contribution is 0.0690. The van der Waals surface area contributed by atoms with Crippen LogP contribution in [0.25, 0.3) is 0 Å². The molecular formula is C23H32N4O. The molecule has 5 nitrogen and oxygen atoms in total. The van der Waals surface area contributed by atoms with Gasteiger partial charge in [0, 0.05) is 32.0 Å². The second-order valence-electron chi connectivity index (χ2n) is 7.97. The fraction of sp³-hybridized carbons (Fsp3) is 0.478. The molecule has 28 heavy (non-hydrogen) atoms. The van der Waals surface area contributed by atoms with Gasteiger partial charge in [-0.3, -0.25) is 9.78 Å². The SMILES string of the molecule is CN(C)CCCNc1cncc(C(=O)N2CCC(Cc3ccccc3)CC2)c1. The minimum Gasteiger partial charge on any atom is -0.384 e. The summed E-state index contributed by atoms with van der Waals surface area (Å²) in [6.45, 7) is 3.58. The minimum absolute atomic E-state index is 0.0996. The molecule has 0 saturated carbocycles. The third-order valence-corrected chi connectivity index (χ3v) is 5.37. The number of amides is 1. The van der Waals surface area contributed by atoms with Crippen molar-refractivity contribution < 1.29 is 4.79 Å². The van der Waals surface area contributed by atoms with Gasteiger partial charge in [-0.05, 0) is 63.9 Å². The zero-order chi connectivity index (χ0) is 19.8. The van der Waals surface area contributed by atoms with Crippen molar-refractivity contribution in [3.63, 3.8) is 0 Å². The highest BCUT2D eigenvalue weighted by Gasteiger charge is 2.24. The maximum atomic E-state index is 12.9. The Morgan fingerprint density at radius 1 is 1.18 bits per heavy atom. The van der Waals surface area contributed by atoms with Crippen LogP contribution >= 0.6 is 0 Å². The molecule has 3 rings (SSSR count).